The molecule has 0 atom stereocenters. The van der Waals surface area contributed by atoms with Gasteiger partial charge in [-0.15, -0.1) is 0 Å². The molecule has 0 spiro atoms. The number of rotatable bonds is 9. The van der Waals surface area contributed by atoms with E-state index in [1.165, 1.54) is 4.57 Å². The van der Waals surface area contributed by atoms with Crippen LogP contribution in [0, 0.1) is 0 Å². The smallest absolute Gasteiger partial charge is 0.354 e. The van der Waals surface area contributed by atoms with Crippen LogP contribution in [-0.2, 0) is 13.1 Å². The standard InChI is InChI=1S/C22H24Cl2N4O4/c1-14(2)32-19-9-8-17(12-18(19)24)25-20-26-21(30)27(10-3-11-29)22(31)28(20)13-15-4-6-16(23)7-5-15/h4-9,12,14,29H,3,10-11,13H2,1-2H3,(H,25,26,30). The Balaban J connectivity index is 2.01. The SMILES string of the molecule is CC(C)Oc1ccc(Nc2nc(=O)n(CCCO)c(=O)n2Cc2ccc(Cl)cc2)cc1Cl. The molecule has 0 radical (unpaired) electrons. The van der Waals surface area contributed by atoms with Crippen molar-refractivity contribution in [2.75, 3.05) is 11.9 Å². The zero-order valence-electron chi connectivity index (χ0n) is 17.7. The van der Waals surface area contributed by atoms with Crippen LogP contribution in [0.25, 0.3) is 0 Å². The molecule has 2 aromatic carbocycles. The maximum absolute atomic E-state index is 13.1. The number of hydrogen-bond acceptors (Lipinski definition) is 6. The van der Waals surface area contributed by atoms with Gasteiger partial charge in [-0.25, -0.2) is 14.2 Å². The lowest BCUT2D eigenvalue weighted by atomic mass is 10.2. The van der Waals surface area contributed by atoms with Crippen molar-refractivity contribution in [3.63, 3.8) is 0 Å². The van der Waals surface area contributed by atoms with E-state index in [1.807, 2.05) is 13.8 Å². The first kappa shape index (κ1) is 23.8. The van der Waals surface area contributed by atoms with Gasteiger partial charge in [0.05, 0.1) is 17.7 Å². The summed E-state index contributed by atoms with van der Waals surface area (Å²) in [5.74, 6) is 0.599. The van der Waals surface area contributed by atoms with E-state index in [9.17, 15) is 9.59 Å². The molecule has 0 fully saturated rings. The minimum absolute atomic E-state index is 0.0379. The summed E-state index contributed by atoms with van der Waals surface area (Å²) in [6, 6.07) is 12.1. The fourth-order valence-electron chi connectivity index (χ4n) is 3.02. The highest BCUT2D eigenvalue weighted by atomic mass is 35.5. The van der Waals surface area contributed by atoms with Gasteiger partial charge in [0.25, 0.3) is 0 Å². The van der Waals surface area contributed by atoms with Gasteiger partial charge in [-0.05, 0) is 56.2 Å². The van der Waals surface area contributed by atoms with Crippen molar-refractivity contribution in [2.45, 2.75) is 39.5 Å². The van der Waals surface area contributed by atoms with Gasteiger partial charge < -0.3 is 15.2 Å². The Morgan fingerprint density at radius 2 is 1.81 bits per heavy atom. The zero-order valence-corrected chi connectivity index (χ0v) is 19.2. The number of nitrogens with zero attached hydrogens (tertiary/aromatic N) is 3. The Kier molecular flexibility index (Phi) is 7.95. The van der Waals surface area contributed by atoms with E-state index in [0.717, 1.165) is 10.1 Å². The van der Waals surface area contributed by atoms with E-state index in [4.69, 9.17) is 33.0 Å². The second-order valence-corrected chi connectivity index (χ2v) is 8.22. The van der Waals surface area contributed by atoms with Gasteiger partial charge >= 0.3 is 11.4 Å². The molecule has 8 nitrogen and oxygen atoms in total. The largest absolute Gasteiger partial charge is 0.489 e. The van der Waals surface area contributed by atoms with Crippen molar-refractivity contribution < 1.29 is 9.84 Å². The molecular formula is C22H24Cl2N4O4. The van der Waals surface area contributed by atoms with Crippen LogP contribution >= 0.6 is 23.2 Å². The number of hydrogen-bond donors (Lipinski definition) is 2. The monoisotopic (exact) mass is 478 g/mol. The van der Waals surface area contributed by atoms with Crippen molar-refractivity contribution in [3.8, 4) is 5.75 Å². The molecule has 0 amide bonds. The third kappa shape index (κ3) is 5.91. The molecule has 3 rings (SSSR count). The molecule has 1 heterocycles. The van der Waals surface area contributed by atoms with Crippen molar-refractivity contribution in [1.29, 1.82) is 0 Å². The zero-order chi connectivity index (χ0) is 23.3. The first-order valence-electron chi connectivity index (χ1n) is 10.1. The molecular weight excluding hydrogens is 455 g/mol. The van der Waals surface area contributed by atoms with E-state index in [2.05, 4.69) is 10.3 Å². The number of halogens is 2. The van der Waals surface area contributed by atoms with Crippen molar-refractivity contribution in [3.05, 3.63) is 79.0 Å². The molecule has 170 valence electrons. The first-order chi connectivity index (χ1) is 15.3. The quantitative estimate of drug-likeness (QED) is 0.486. The van der Waals surface area contributed by atoms with Gasteiger partial charge in [0, 0.05) is 23.9 Å². The summed E-state index contributed by atoms with van der Waals surface area (Å²) >= 11 is 12.3. The molecule has 1 aromatic heterocycles. The minimum atomic E-state index is -0.704. The predicted molar refractivity (Wildman–Crippen MR) is 126 cm³/mol. The second kappa shape index (κ2) is 10.7. The molecule has 0 saturated carbocycles. The molecule has 0 aliphatic heterocycles. The fourth-order valence-corrected chi connectivity index (χ4v) is 3.37. The molecule has 10 heteroatoms. The van der Waals surface area contributed by atoms with Crippen LogP contribution in [0.5, 0.6) is 5.75 Å². The summed E-state index contributed by atoms with van der Waals surface area (Å²) in [4.78, 5) is 29.7. The fraction of sp³-hybridized carbons (Fsp3) is 0.318. The highest BCUT2D eigenvalue weighted by Gasteiger charge is 2.15. The van der Waals surface area contributed by atoms with Gasteiger partial charge in [0.2, 0.25) is 5.95 Å². The Labute approximate surface area is 195 Å². The highest BCUT2D eigenvalue weighted by Crippen LogP contribution is 2.29. The highest BCUT2D eigenvalue weighted by molar-refractivity contribution is 6.32. The van der Waals surface area contributed by atoms with E-state index >= 15 is 0 Å². The number of aromatic nitrogens is 3. The van der Waals surface area contributed by atoms with Crippen LogP contribution in [-0.4, -0.2) is 31.9 Å². The number of nitrogens with one attached hydrogen (secondary N) is 1. The maximum atomic E-state index is 13.1. The third-order valence-electron chi connectivity index (χ3n) is 4.49. The average Bonchev–Trinajstić information content (AvgIpc) is 2.74. The predicted octanol–water partition coefficient (Wildman–Crippen LogP) is 3.67. The molecule has 2 N–H and O–H groups in total. The van der Waals surface area contributed by atoms with Crippen molar-refractivity contribution in [2.24, 2.45) is 0 Å². The van der Waals surface area contributed by atoms with Crippen LogP contribution in [0.2, 0.25) is 10.0 Å². The molecule has 3 aromatic rings. The third-order valence-corrected chi connectivity index (χ3v) is 5.04. The van der Waals surface area contributed by atoms with Gasteiger partial charge in [-0.1, -0.05) is 35.3 Å². The molecule has 0 bridgehead atoms. The molecule has 0 unspecified atom stereocenters. The average molecular weight is 479 g/mol. The summed E-state index contributed by atoms with van der Waals surface area (Å²) in [6.45, 7) is 3.87. The Hall–Kier alpha value is -2.81. The van der Waals surface area contributed by atoms with Gasteiger partial charge in [0.15, 0.2) is 0 Å². The number of aliphatic hydroxyl groups is 1. The minimum Gasteiger partial charge on any atom is -0.489 e. The Bertz CT molecular complexity index is 1190. The molecule has 0 aliphatic carbocycles. The van der Waals surface area contributed by atoms with Crippen LogP contribution in [0.3, 0.4) is 0 Å². The van der Waals surface area contributed by atoms with E-state index in [0.29, 0.717) is 21.5 Å². The van der Waals surface area contributed by atoms with Crippen LogP contribution in [0.1, 0.15) is 25.8 Å². The van der Waals surface area contributed by atoms with E-state index in [1.54, 1.807) is 42.5 Å². The lowest BCUT2D eigenvalue weighted by Gasteiger charge is -2.17. The number of ether oxygens (including phenoxy) is 1. The lowest BCUT2D eigenvalue weighted by molar-refractivity contribution is 0.242. The van der Waals surface area contributed by atoms with E-state index < -0.39 is 11.4 Å². The van der Waals surface area contributed by atoms with Gasteiger partial charge in [-0.2, -0.15) is 4.98 Å². The molecule has 0 aliphatic rings. The topological polar surface area (TPSA) is 98.4 Å². The molecule has 32 heavy (non-hydrogen) atoms. The summed E-state index contributed by atoms with van der Waals surface area (Å²) in [5, 5.41) is 13.1. The van der Waals surface area contributed by atoms with Crippen LogP contribution in [0.4, 0.5) is 11.6 Å². The molecule has 0 saturated heterocycles. The number of anilines is 2. The van der Waals surface area contributed by atoms with E-state index in [-0.39, 0.29) is 38.2 Å². The Morgan fingerprint density at radius 1 is 1.09 bits per heavy atom. The summed E-state index contributed by atoms with van der Waals surface area (Å²) < 4.78 is 8.00. The normalized spacial score (nSPS) is 11.1. The lowest BCUT2D eigenvalue weighted by Crippen LogP contribution is -2.42. The Morgan fingerprint density at radius 3 is 2.44 bits per heavy atom. The summed E-state index contributed by atoms with van der Waals surface area (Å²) in [5.41, 5.74) is 0.0914. The van der Waals surface area contributed by atoms with Crippen LogP contribution < -0.4 is 21.4 Å². The maximum Gasteiger partial charge on any atom is 0.354 e. The van der Waals surface area contributed by atoms with Crippen molar-refractivity contribution in [1.82, 2.24) is 14.1 Å². The first-order valence-corrected chi connectivity index (χ1v) is 10.8. The summed E-state index contributed by atoms with van der Waals surface area (Å²) in [6.07, 6.45) is 0.223. The van der Waals surface area contributed by atoms with Crippen molar-refractivity contribution >= 4 is 34.8 Å². The summed E-state index contributed by atoms with van der Waals surface area (Å²) in [7, 11) is 0. The number of benzene rings is 2. The number of aliphatic hydroxyl groups excluding tert-OH is 1. The van der Waals surface area contributed by atoms with Gasteiger partial charge in [-0.3, -0.25) is 4.57 Å². The van der Waals surface area contributed by atoms with Gasteiger partial charge in [0.1, 0.15) is 5.75 Å². The van der Waals surface area contributed by atoms with Crippen LogP contribution in [0.15, 0.2) is 52.1 Å². The second-order valence-electron chi connectivity index (χ2n) is 7.38.